The van der Waals surface area contributed by atoms with Gasteiger partial charge in [-0.2, -0.15) is 28.5 Å². The lowest BCUT2D eigenvalue weighted by atomic mass is 10.2. The van der Waals surface area contributed by atoms with Gasteiger partial charge >= 0.3 is 6.18 Å². The van der Waals surface area contributed by atoms with Crippen LogP contribution in [-0.2, 0) is 19.8 Å². The number of nitrogens with zero attached hydrogens (tertiary/aromatic N) is 7. The molecule has 5 rings (SSSR count). The van der Waals surface area contributed by atoms with Crippen molar-refractivity contribution in [2.75, 3.05) is 6.54 Å². The van der Waals surface area contributed by atoms with Crippen molar-refractivity contribution < 1.29 is 18.0 Å². The molecule has 1 aliphatic carbocycles. The predicted molar refractivity (Wildman–Crippen MR) is 116 cm³/mol. The minimum atomic E-state index is -4.46. The summed E-state index contributed by atoms with van der Waals surface area (Å²) in [4.78, 5) is 16.9. The van der Waals surface area contributed by atoms with Crippen LogP contribution in [0, 0.1) is 6.92 Å². The molecule has 0 aliphatic heterocycles. The Morgan fingerprint density at radius 1 is 1.24 bits per heavy atom. The molecule has 1 fully saturated rings. The summed E-state index contributed by atoms with van der Waals surface area (Å²) >= 11 is 0. The first-order chi connectivity index (χ1) is 16.2. The Kier molecular flexibility index (Phi) is 5.37. The number of fused-ring (bicyclic) bond motifs is 1. The lowest BCUT2D eigenvalue weighted by Crippen LogP contribution is -2.26. The van der Waals surface area contributed by atoms with Crippen LogP contribution < -0.4 is 5.32 Å². The van der Waals surface area contributed by atoms with Crippen LogP contribution in [-0.4, -0.2) is 46.6 Å². The second-order valence-corrected chi connectivity index (χ2v) is 8.46. The van der Waals surface area contributed by atoms with E-state index < -0.39 is 11.9 Å². The molecule has 0 spiro atoms. The Balaban J connectivity index is 1.25. The minimum absolute atomic E-state index is 0.140. The number of aromatic nitrogens is 7. The molecule has 1 aliphatic rings. The zero-order valence-corrected chi connectivity index (χ0v) is 18.7. The molecule has 1 saturated carbocycles. The number of nitrogens with one attached hydrogen (secondary N) is 1. The molecule has 0 atom stereocenters. The SMILES string of the molecule is Cc1c(-c2ccnc3cc(C(=O)NCCCn4nc(C(F)(F)F)cc4C4CC4)nn23)cnn1C. The summed E-state index contributed by atoms with van der Waals surface area (Å²) < 4.78 is 43.9. The van der Waals surface area contributed by atoms with Crippen molar-refractivity contribution in [2.24, 2.45) is 7.05 Å². The average molecular weight is 472 g/mol. The van der Waals surface area contributed by atoms with E-state index in [2.05, 4.69) is 25.6 Å². The Labute approximate surface area is 192 Å². The van der Waals surface area contributed by atoms with Gasteiger partial charge in [0.25, 0.3) is 5.91 Å². The standard InChI is InChI=1S/C22H23F3N8O/c1-13-15(12-28-31(13)2)17-6-8-26-20-10-16(29-33(17)20)21(34)27-7-3-9-32-18(14-4-5-14)11-19(30-32)22(23,24)25/h6,8,10-12,14H,3-5,7,9H2,1-2H3,(H,27,34). The lowest BCUT2D eigenvalue weighted by Gasteiger charge is -2.07. The molecular formula is C22H23F3N8O. The number of amides is 1. The van der Waals surface area contributed by atoms with E-state index in [1.807, 2.05) is 20.0 Å². The first-order valence-corrected chi connectivity index (χ1v) is 11.0. The molecule has 1 amide bonds. The fraction of sp³-hybridized carbons (Fsp3) is 0.409. The van der Waals surface area contributed by atoms with Crippen molar-refractivity contribution in [1.82, 2.24) is 39.5 Å². The summed E-state index contributed by atoms with van der Waals surface area (Å²) in [5, 5.41) is 15.2. The summed E-state index contributed by atoms with van der Waals surface area (Å²) in [5.41, 5.74) is 3.08. The van der Waals surface area contributed by atoms with E-state index >= 15 is 0 Å². The number of hydrogen-bond donors (Lipinski definition) is 1. The number of carbonyl (C=O) groups excluding carboxylic acids is 1. The van der Waals surface area contributed by atoms with E-state index in [-0.39, 0.29) is 24.1 Å². The summed E-state index contributed by atoms with van der Waals surface area (Å²) in [7, 11) is 1.85. The molecule has 34 heavy (non-hydrogen) atoms. The maximum atomic E-state index is 13.0. The van der Waals surface area contributed by atoms with Crippen molar-refractivity contribution in [3.8, 4) is 11.3 Å². The fourth-order valence-corrected chi connectivity index (χ4v) is 3.94. The van der Waals surface area contributed by atoms with Crippen molar-refractivity contribution in [3.63, 3.8) is 0 Å². The highest BCUT2D eigenvalue weighted by Gasteiger charge is 2.37. The van der Waals surface area contributed by atoms with Crippen LogP contribution in [0.2, 0.25) is 0 Å². The molecule has 4 heterocycles. The first-order valence-electron chi connectivity index (χ1n) is 11.0. The van der Waals surface area contributed by atoms with E-state index in [1.54, 1.807) is 27.7 Å². The maximum absolute atomic E-state index is 13.0. The van der Waals surface area contributed by atoms with Crippen molar-refractivity contribution in [1.29, 1.82) is 0 Å². The molecule has 0 bridgehead atoms. The van der Waals surface area contributed by atoms with E-state index in [0.717, 1.165) is 35.9 Å². The van der Waals surface area contributed by atoms with Gasteiger partial charge in [0.05, 0.1) is 11.9 Å². The van der Waals surface area contributed by atoms with Crippen LogP contribution in [0.25, 0.3) is 16.9 Å². The van der Waals surface area contributed by atoms with Crippen LogP contribution in [0.4, 0.5) is 13.2 Å². The highest BCUT2D eigenvalue weighted by Crippen LogP contribution is 2.42. The third-order valence-electron chi connectivity index (χ3n) is 6.03. The van der Waals surface area contributed by atoms with Crippen molar-refractivity contribution in [3.05, 3.63) is 53.4 Å². The molecule has 9 nitrogen and oxygen atoms in total. The molecule has 4 aromatic rings. The maximum Gasteiger partial charge on any atom is 0.435 e. The molecule has 12 heteroatoms. The van der Waals surface area contributed by atoms with Gasteiger partial charge in [0, 0.05) is 55.3 Å². The zero-order valence-electron chi connectivity index (χ0n) is 18.7. The zero-order chi connectivity index (χ0) is 24.0. The minimum Gasteiger partial charge on any atom is -0.351 e. The molecular weight excluding hydrogens is 449 g/mol. The number of halogens is 3. The smallest absolute Gasteiger partial charge is 0.351 e. The topological polar surface area (TPSA) is 94.9 Å². The number of hydrogen-bond acceptors (Lipinski definition) is 5. The van der Waals surface area contributed by atoms with Crippen LogP contribution in [0.1, 0.15) is 52.8 Å². The third kappa shape index (κ3) is 4.15. The quantitative estimate of drug-likeness (QED) is 0.416. The Bertz CT molecular complexity index is 1360. The van der Waals surface area contributed by atoms with Gasteiger partial charge in [-0.25, -0.2) is 9.50 Å². The monoisotopic (exact) mass is 472 g/mol. The van der Waals surface area contributed by atoms with Crippen molar-refractivity contribution >= 4 is 11.6 Å². The van der Waals surface area contributed by atoms with Gasteiger partial charge < -0.3 is 5.32 Å². The summed E-state index contributed by atoms with van der Waals surface area (Å²) in [6.07, 6.45) is 1.12. The number of carbonyl (C=O) groups is 1. The van der Waals surface area contributed by atoms with Gasteiger partial charge in [-0.1, -0.05) is 0 Å². The van der Waals surface area contributed by atoms with E-state index in [9.17, 15) is 18.0 Å². The molecule has 178 valence electrons. The van der Waals surface area contributed by atoms with Gasteiger partial charge in [0.1, 0.15) is 0 Å². The summed E-state index contributed by atoms with van der Waals surface area (Å²) in [5.74, 6) is -0.237. The summed E-state index contributed by atoms with van der Waals surface area (Å²) in [6.45, 7) is 2.51. The van der Waals surface area contributed by atoms with Crippen LogP contribution in [0.5, 0.6) is 0 Å². The van der Waals surface area contributed by atoms with E-state index in [1.165, 1.54) is 4.68 Å². The molecule has 1 N–H and O–H groups in total. The predicted octanol–water partition coefficient (Wildman–Crippen LogP) is 3.35. The van der Waals surface area contributed by atoms with Gasteiger partial charge in [-0.05, 0) is 38.3 Å². The second kappa shape index (κ2) is 8.26. The third-order valence-corrected chi connectivity index (χ3v) is 6.03. The average Bonchev–Trinajstić information content (AvgIpc) is 3.24. The van der Waals surface area contributed by atoms with E-state index in [4.69, 9.17) is 0 Å². The molecule has 0 unspecified atom stereocenters. The second-order valence-electron chi connectivity index (χ2n) is 8.46. The van der Waals surface area contributed by atoms with Crippen LogP contribution in [0.3, 0.4) is 0 Å². The number of aryl methyl sites for hydroxylation is 2. The summed E-state index contributed by atoms with van der Waals surface area (Å²) in [6, 6.07) is 4.54. The van der Waals surface area contributed by atoms with E-state index in [0.29, 0.717) is 24.3 Å². The van der Waals surface area contributed by atoms with Gasteiger partial charge in [0.2, 0.25) is 0 Å². The Hall–Kier alpha value is -3.70. The number of alkyl halides is 3. The molecule has 0 aromatic carbocycles. The van der Waals surface area contributed by atoms with Gasteiger partial charge in [0.15, 0.2) is 17.0 Å². The van der Waals surface area contributed by atoms with Gasteiger partial charge in [-0.15, -0.1) is 0 Å². The molecule has 4 aromatic heterocycles. The lowest BCUT2D eigenvalue weighted by molar-refractivity contribution is -0.141. The largest absolute Gasteiger partial charge is 0.435 e. The first kappa shape index (κ1) is 22.1. The van der Waals surface area contributed by atoms with Crippen molar-refractivity contribution in [2.45, 2.75) is 44.8 Å². The normalized spacial score (nSPS) is 14.1. The van der Waals surface area contributed by atoms with Gasteiger partial charge in [-0.3, -0.25) is 14.2 Å². The fourth-order valence-electron chi connectivity index (χ4n) is 3.94. The van der Waals surface area contributed by atoms with Crippen LogP contribution in [0.15, 0.2) is 30.6 Å². The Morgan fingerprint density at radius 3 is 2.71 bits per heavy atom. The Morgan fingerprint density at radius 2 is 2.03 bits per heavy atom. The van der Waals surface area contributed by atoms with Crippen LogP contribution >= 0.6 is 0 Å². The molecule has 0 radical (unpaired) electrons. The highest BCUT2D eigenvalue weighted by molar-refractivity contribution is 5.93. The molecule has 0 saturated heterocycles. The number of rotatable bonds is 7. The highest BCUT2D eigenvalue weighted by atomic mass is 19.4.